The Labute approximate surface area is 68.6 Å². The van der Waals surface area contributed by atoms with Crippen LogP contribution in [0.1, 0.15) is 20.8 Å². The van der Waals surface area contributed by atoms with Gasteiger partial charge in [-0.25, -0.2) is 0 Å². The fourth-order valence-corrected chi connectivity index (χ4v) is 1.68. The molecule has 0 aromatic carbocycles. The lowest BCUT2D eigenvalue weighted by molar-refractivity contribution is 0.200. The number of nitrogens with zero attached hydrogens (tertiary/aromatic N) is 1. The Bertz CT molecular complexity index is 73.6. The summed E-state index contributed by atoms with van der Waals surface area (Å²) in [6.45, 7) is 6.46. The first-order valence-electron chi connectivity index (χ1n) is 2.99. The Hall–Kier alpha value is 0.660. The zero-order valence-electron chi connectivity index (χ0n) is 6.26. The molecule has 0 saturated heterocycles. The normalized spacial score (nSPS) is 12.7. The summed E-state index contributed by atoms with van der Waals surface area (Å²) in [6, 6.07) is 0. The summed E-state index contributed by atoms with van der Waals surface area (Å²) in [5, 5.41) is 0. The van der Waals surface area contributed by atoms with Crippen LogP contribution in [0.2, 0.25) is 0 Å². The molecular weight excluding hydrogens is 150 g/mol. The minimum atomic E-state index is 0.198. The van der Waals surface area contributed by atoms with E-state index in [-0.39, 0.29) is 5.54 Å². The number of rotatable bonds is 2. The quantitative estimate of drug-likeness (QED) is 0.467. The van der Waals surface area contributed by atoms with Crippen LogP contribution in [0.3, 0.4) is 0 Å². The van der Waals surface area contributed by atoms with Gasteiger partial charge in [-0.05, 0) is 20.8 Å². The van der Waals surface area contributed by atoms with E-state index in [1.807, 2.05) is 0 Å². The van der Waals surface area contributed by atoms with E-state index in [0.717, 1.165) is 11.8 Å². The summed E-state index contributed by atoms with van der Waals surface area (Å²) in [6.07, 6.45) is 0. The molecule has 0 N–H and O–H groups in total. The Morgan fingerprint density at radius 3 is 1.44 bits per heavy atom. The van der Waals surface area contributed by atoms with Gasteiger partial charge < -0.3 is 0 Å². The van der Waals surface area contributed by atoms with Gasteiger partial charge in [0.25, 0.3) is 0 Å². The summed E-state index contributed by atoms with van der Waals surface area (Å²) in [5.41, 5.74) is 0.198. The topological polar surface area (TPSA) is 3.24 Å². The monoisotopic (exact) mass is 165 g/mol. The molecule has 0 bridgehead atoms. The second-order valence-electron chi connectivity index (χ2n) is 2.99. The van der Waals surface area contributed by atoms with Crippen molar-refractivity contribution in [2.45, 2.75) is 26.3 Å². The lowest BCUT2D eigenvalue weighted by Crippen LogP contribution is -2.39. The molecule has 0 amide bonds. The van der Waals surface area contributed by atoms with E-state index >= 15 is 0 Å². The molecule has 0 fully saturated rings. The molecule has 0 aliphatic heterocycles. The first-order chi connectivity index (χ1) is 4.02. The second kappa shape index (κ2) is 3.74. The van der Waals surface area contributed by atoms with Gasteiger partial charge in [-0.3, -0.25) is 4.90 Å². The third-order valence-corrected chi connectivity index (χ3v) is 1.97. The molecular formula is C6H15NS2. The van der Waals surface area contributed by atoms with E-state index in [9.17, 15) is 0 Å². The summed E-state index contributed by atoms with van der Waals surface area (Å²) < 4.78 is 0. The molecule has 0 rings (SSSR count). The van der Waals surface area contributed by atoms with Crippen LogP contribution in [0.5, 0.6) is 0 Å². The molecule has 0 saturated carbocycles. The molecule has 0 aliphatic rings. The van der Waals surface area contributed by atoms with Gasteiger partial charge in [-0.1, -0.05) is 0 Å². The van der Waals surface area contributed by atoms with Crippen molar-refractivity contribution in [3.8, 4) is 0 Å². The van der Waals surface area contributed by atoms with E-state index in [0.29, 0.717) is 0 Å². The molecule has 9 heavy (non-hydrogen) atoms. The molecule has 56 valence electrons. The zero-order valence-corrected chi connectivity index (χ0v) is 8.04. The van der Waals surface area contributed by atoms with E-state index in [4.69, 9.17) is 0 Å². The van der Waals surface area contributed by atoms with Crippen molar-refractivity contribution in [2.24, 2.45) is 0 Å². The molecule has 0 spiro atoms. The van der Waals surface area contributed by atoms with E-state index < -0.39 is 0 Å². The van der Waals surface area contributed by atoms with Crippen molar-refractivity contribution in [3.63, 3.8) is 0 Å². The molecule has 3 heteroatoms. The highest BCUT2D eigenvalue weighted by molar-refractivity contribution is 7.81. The molecule has 0 aliphatic carbocycles. The Morgan fingerprint density at radius 1 is 1.11 bits per heavy atom. The summed E-state index contributed by atoms with van der Waals surface area (Å²) in [5.74, 6) is 1.54. The summed E-state index contributed by atoms with van der Waals surface area (Å²) in [4.78, 5) is 2.17. The molecule has 0 aromatic heterocycles. The van der Waals surface area contributed by atoms with Gasteiger partial charge in [0.2, 0.25) is 0 Å². The van der Waals surface area contributed by atoms with Crippen LogP contribution in [0.25, 0.3) is 0 Å². The Balaban J connectivity index is 3.79. The minimum absolute atomic E-state index is 0.198. The first kappa shape index (κ1) is 9.66. The third-order valence-electron chi connectivity index (χ3n) is 1.29. The third kappa shape index (κ3) is 3.38. The lowest BCUT2D eigenvalue weighted by Gasteiger charge is -2.32. The fourth-order valence-electron chi connectivity index (χ4n) is 0.469. The van der Waals surface area contributed by atoms with Gasteiger partial charge in [0.1, 0.15) is 0 Å². The van der Waals surface area contributed by atoms with Crippen LogP contribution in [-0.4, -0.2) is 22.2 Å². The van der Waals surface area contributed by atoms with Crippen molar-refractivity contribution in [3.05, 3.63) is 0 Å². The predicted octanol–water partition coefficient (Wildman–Crippen LogP) is 1.86. The number of thiol groups is 2. The van der Waals surface area contributed by atoms with Crippen LogP contribution in [0, 0.1) is 0 Å². The standard InChI is InChI=1S/C6H15NS2/c1-6(2,3)7(4-8)5-9/h8-9H,4-5H2,1-3H3. The average molecular weight is 165 g/mol. The smallest absolute Gasteiger partial charge is 0.0427 e. The highest BCUT2D eigenvalue weighted by Gasteiger charge is 2.17. The molecule has 0 atom stereocenters. The van der Waals surface area contributed by atoms with Crippen molar-refractivity contribution >= 4 is 25.3 Å². The SMILES string of the molecule is CC(C)(C)N(CS)CS. The molecule has 0 radical (unpaired) electrons. The van der Waals surface area contributed by atoms with Gasteiger partial charge in [0.05, 0.1) is 0 Å². The van der Waals surface area contributed by atoms with Gasteiger partial charge in [0.15, 0.2) is 0 Å². The molecule has 1 nitrogen and oxygen atoms in total. The summed E-state index contributed by atoms with van der Waals surface area (Å²) >= 11 is 8.33. The number of hydrogen-bond acceptors (Lipinski definition) is 3. The average Bonchev–Trinajstić information content (AvgIpc) is 1.65. The van der Waals surface area contributed by atoms with Gasteiger partial charge in [0, 0.05) is 17.3 Å². The number of hydrogen-bond donors (Lipinski definition) is 2. The maximum absolute atomic E-state index is 4.17. The van der Waals surface area contributed by atoms with Crippen LogP contribution < -0.4 is 0 Å². The Morgan fingerprint density at radius 2 is 1.44 bits per heavy atom. The highest BCUT2D eigenvalue weighted by atomic mass is 32.1. The lowest BCUT2D eigenvalue weighted by atomic mass is 10.1. The largest absolute Gasteiger partial charge is 0.281 e. The second-order valence-corrected chi connectivity index (χ2v) is 3.56. The zero-order chi connectivity index (χ0) is 7.49. The van der Waals surface area contributed by atoms with Crippen molar-refractivity contribution in [1.29, 1.82) is 0 Å². The molecule has 0 aromatic rings. The van der Waals surface area contributed by atoms with Crippen LogP contribution >= 0.6 is 25.3 Å². The van der Waals surface area contributed by atoms with Crippen LogP contribution in [-0.2, 0) is 0 Å². The van der Waals surface area contributed by atoms with Crippen molar-refractivity contribution in [1.82, 2.24) is 4.90 Å². The van der Waals surface area contributed by atoms with Crippen LogP contribution in [0.15, 0.2) is 0 Å². The van der Waals surface area contributed by atoms with E-state index in [1.54, 1.807) is 0 Å². The maximum Gasteiger partial charge on any atom is 0.0427 e. The van der Waals surface area contributed by atoms with E-state index in [2.05, 4.69) is 50.9 Å². The van der Waals surface area contributed by atoms with Crippen LogP contribution in [0.4, 0.5) is 0 Å². The first-order valence-corrected chi connectivity index (χ1v) is 4.25. The molecule has 0 heterocycles. The van der Waals surface area contributed by atoms with Crippen molar-refractivity contribution in [2.75, 3.05) is 11.8 Å². The highest BCUT2D eigenvalue weighted by Crippen LogP contribution is 2.13. The summed E-state index contributed by atoms with van der Waals surface area (Å²) in [7, 11) is 0. The van der Waals surface area contributed by atoms with Crippen molar-refractivity contribution < 1.29 is 0 Å². The minimum Gasteiger partial charge on any atom is -0.281 e. The Kier molecular flexibility index (Phi) is 4.01. The van der Waals surface area contributed by atoms with Gasteiger partial charge in [-0.2, -0.15) is 25.3 Å². The molecule has 0 unspecified atom stereocenters. The van der Waals surface area contributed by atoms with Gasteiger partial charge >= 0.3 is 0 Å². The maximum atomic E-state index is 4.17. The van der Waals surface area contributed by atoms with Gasteiger partial charge in [-0.15, -0.1) is 0 Å². The van der Waals surface area contributed by atoms with E-state index in [1.165, 1.54) is 0 Å². The fraction of sp³-hybridized carbons (Fsp3) is 1.00. The predicted molar refractivity (Wildman–Crippen MR) is 49.3 cm³/mol.